The molecule has 0 radical (unpaired) electrons. The monoisotopic (exact) mass is 352 g/mol. The maximum atomic E-state index is 12.6. The number of amides is 2. The lowest BCUT2D eigenvalue weighted by Crippen LogP contribution is -2.19. The van der Waals surface area contributed by atoms with Crippen LogP contribution in [0.3, 0.4) is 0 Å². The Morgan fingerprint density at radius 1 is 0.923 bits per heavy atom. The summed E-state index contributed by atoms with van der Waals surface area (Å²) in [5.41, 5.74) is 3.63. The van der Waals surface area contributed by atoms with Gasteiger partial charge in [-0.3, -0.25) is 9.59 Å². The van der Waals surface area contributed by atoms with Crippen LogP contribution < -0.4 is 10.6 Å². The van der Waals surface area contributed by atoms with Crippen LogP contribution in [0.2, 0.25) is 0 Å². The fourth-order valence-electron chi connectivity index (χ4n) is 2.74. The van der Waals surface area contributed by atoms with Gasteiger partial charge in [-0.25, -0.2) is 0 Å². The van der Waals surface area contributed by atoms with E-state index < -0.39 is 0 Å². The SMILES string of the molecule is CCC(=O)Nc1cccc(NC(=O)C(C)c2ccc(CC(C)C)cc2)c1. The number of anilines is 2. The zero-order valence-corrected chi connectivity index (χ0v) is 16.0. The van der Waals surface area contributed by atoms with Crippen LogP contribution in [-0.2, 0) is 16.0 Å². The van der Waals surface area contributed by atoms with Gasteiger partial charge in [0.25, 0.3) is 0 Å². The Hall–Kier alpha value is -2.62. The second kappa shape index (κ2) is 9.18. The topological polar surface area (TPSA) is 58.2 Å². The molecule has 1 atom stereocenters. The normalized spacial score (nSPS) is 11.9. The molecule has 0 aliphatic rings. The zero-order chi connectivity index (χ0) is 19.1. The number of benzene rings is 2. The Bertz CT molecular complexity index is 751. The van der Waals surface area contributed by atoms with Crippen LogP contribution in [0, 0.1) is 5.92 Å². The molecular formula is C22H28N2O2. The molecule has 2 aromatic carbocycles. The molecule has 2 rings (SSSR count). The summed E-state index contributed by atoms with van der Waals surface area (Å²) in [6, 6.07) is 15.5. The molecule has 0 fully saturated rings. The maximum absolute atomic E-state index is 12.6. The largest absolute Gasteiger partial charge is 0.326 e. The number of nitrogens with one attached hydrogen (secondary N) is 2. The lowest BCUT2D eigenvalue weighted by Gasteiger charge is -2.14. The van der Waals surface area contributed by atoms with E-state index in [2.05, 4.69) is 36.6 Å². The Balaban J connectivity index is 2.02. The van der Waals surface area contributed by atoms with Crippen molar-refractivity contribution >= 4 is 23.2 Å². The standard InChI is InChI=1S/C22H28N2O2/c1-5-21(25)23-19-7-6-8-20(14-19)24-22(26)16(4)18-11-9-17(10-12-18)13-15(2)3/h6-12,14-16H,5,13H2,1-4H3,(H,23,25)(H,24,26). The number of rotatable bonds is 7. The van der Waals surface area contributed by atoms with Gasteiger partial charge in [0.1, 0.15) is 0 Å². The highest BCUT2D eigenvalue weighted by Crippen LogP contribution is 2.21. The molecule has 4 heteroatoms. The van der Waals surface area contributed by atoms with E-state index >= 15 is 0 Å². The number of carbonyl (C=O) groups is 2. The van der Waals surface area contributed by atoms with Gasteiger partial charge in [0.15, 0.2) is 0 Å². The van der Waals surface area contributed by atoms with Gasteiger partial charge in [0.05, 0.1) is 5.92 Å². The summed E-state index contributed by atoms with van der Waals surface area (Å²) >= 11 is 0. The summed E-state index contributed by atoms with van der Waals surface area (Å²) in [7, 11) is 0. The number of hydrogen-bond donors (Lipinski definition) is 2. The molecule has 138 valence electrons. The summed E-state index contributed by atoms with van der Waals surface area (Å²) in [6.45, 7) is 8.09. The van der Waals surface area contributed by atoms with Gasteiger partial charge in [-0.05, 0) is 48.6 Å². The first-order valence-electron chi connectivity index (χ1n) is 9.18. The Morgan fingerprint density at radius 3 is 2.12 bits per heavy atom. The van der Waals surface area contributed by atoms with E-state index in [9.17, 15) is 9.59 Å². The quantitative estimate of drug-likeness (QED) is 0.738. The molecule has 2 aromatic rings. The predicted octanol–water partition coefficient (Wildman–Crippen LogP) is 4.98. The third-order valence-corrected chi connectivity index (χ3v) is 4.25. The highest BCUT2D eigenvalue weighted by atomic mass is 16.2. The van der Waals surface area contributed by atoms with E-state index in [-0.39, 0.29) is 17.7 Å². The molecule has 0 aromatic heterocycles. The fourth-order valence-corrected chi connectivity index (χ4v) is 2.74. The average molecular weight is 352 g/mol. The molecule has 26 heavy (non-hydrogen) atoms. The van der Waals surface area contributed by atoms with Crippen LogP contribution >= 0.6 is 0 Å². The van der Waals surface area contributed by atoms with E-state index in [1.807, 2.05) is 31.2 Å². The van der Waals surface area contributed by atoms with E-state index in [0.29, 0.717) is 23.7 Å². The van der Waals surface area contributed by atoms with Crippen molar-refractivity contribution in [1.29, 1.82) is 0 Å². The summed E-state index contributed by atoms with van der Waals surface area (Å²) in [5, 5.41) is 5.73. The predicted molar refractivity (Wildman–Crippen MR) is 107 cm³/mol. The van der Waals surface area contributed by atoms with E-state index in [4.69, 9.17) is 0 Å². The summed E-state index contributed by atoms with van der Waals surface area (Å²) in [5.74, 6) is 0.239. The van der Waals surface area contributed by atoms with Crippen molar-refractivity contribution < 1.29 is 9.59 Å². The van der Waals surface area contributed by atoms with Crippen LogP contribution in [0.1, 0.15) is 51.2 Å². The first kappa shape index (κ1) is 19.7. The first-order valence-corrected chi connectivity index (χ1v) is 9.18. The summed E-state index contributed by atoms with van der Waals surface area (Å²) in [6.07, 6.45) is 1.46. The van der Waals surface area contributed by atoms with Crippen molar-refractivity contribution in [2.75, 3.05) is 10.6 Å². The summed E-state index contributed by atoms with van der Waals surface area (Å²) < 4.78 is 0. The van der Waals surface area contributed by atoms with Crippen LogP contribution in [-0.4, -0.2) is 11.8 Å². The molecule has 2 N–H and O–H groups in total. The first-order chi connectivity index (χ1) is 12.4. The third kappa shape index (κ3) is 5.73. The van der Waals surface area contributed by atoms with Gasteiger partial charge in [0, 0.05) is 17.8 Å². The Labute approximate surface area is 156 Å². The molecule has 0 spiro atoms. The molecule has 2 amide bonds. The minimum absolute atomic E-state index is 0.0525. The van der Waals surface area contributed by atoms with Crippen molar-refractivity contribution in [1.82, 2.24) is 0 Å². The van der Waals surface area contributed by atoms with Crippen LogP contribution in [0.25, 0.3) is 0 Å². The van der Waals surface area contributed by atoms with Crippen LogP contribution in [0.15, 0.2) is 48.5 Å². The van der Waals surface area contributed by atoms with Gasteiger partial charge in [-0.15, -0.1) is 0 Å². The number of hydrogen-bond acceptors (Lipinski definition) is 2. The fraction of sp³-hybridized carbons (Fsp3) is 0.364. The molecule has 0 saturated heterocycles. The summed E-state index contributed by atoms with van der Waals surface area (Å²) in [4.78, 5) is 24.1. The molecule has 4 nitrogen and oxygen atoms in total. The maximum Gasteiger partial charge on any atom is 0.231 e. The molecule has 0 bridgehead atoms. The smallest absolute Gasteiger partial charge is 0.231 e. The Kier molecular flexibility index (Phi) is 6.96. The molecule has 0 aliphatic carbocycles. The minimum atomic E-state index is -0.253. The van der Waals surface area contributed by atoms with Gasteiger partial charge in [-0.1, -0.05) is 51.1 Å². The van der Waals surface area contributed by atoms with Crippen molar-refractivity contribution in [3.8, 4) is 0 Å². The molecule has 0 heterocycles. The molecule has 1 unspecified atom stereocenters. The zero-order valence-electron chi connectivity index (χ0n) is 16.0. The molecule has 0 saturated carbocycles. The second-order valence-corrected chi connectivity index (χ2v) is 7.03. The van der Waals surface area contributed by atoms with Crippen molar-refractivity contribution in [2.45, 2.75) is 46.5 Å². The van der Waals surface area contributed by atoms with Crippen LogP contribution in [0.5, 0.6) is 0 Å². The van der Waals surface area contributed by atoms with Crippen molar-refractivity contribution in [3.05, 3.63) is 59.7 Å². The average Bonchev–Trinajstić information content (AvgIpc) is 2.61. The van der Waals surface area contributed by atoms with E-state index in [1.165, 1.54) is 5.56 Å². The number of carbonyl (C=O) groups excluding carboxylic acids is 2. The lowest BCUT2D eigenvalue weighted by atomic mass is 9.96. The third-order valence-electron chi connectivity index (χ3n) is 4.25. The van der Waals surface area contributed by atoms with Gasteiger partial charge < -0.3 is 10.6 Å². The highest BCUT2D eigenvalue weighted by molar-refractivity contribution is 5.97. The van der Waals surface area contributed by atoms with Crippen LogP contribution in [0.4, 0.5) is 11.4 Å². The molecule has 0 aliphatic heterocycles. The van der Waals surface area contributed by atoms with E-state index in [0.717, 1.165) is 12.0 Å². The van der Waals surface area contributed by atoms with E-state index in [1.54, 1.807) is 19.1 Å². The molecular weight excluding hydrogens is 324 g/mol. The van der Waals surface area contributed by atoms with Crippen molar-refractivity contribution in [3.63, 3.8) is 0 Å². The van der Waals surface area contributed by atoms with Crippen molar-refractivity contribution in [2.24, 2.45) is 5.92 Å². The second-order valence-electron chi connectivity index (χ2n) is 7.03. The van der Waals surface area contributed by atoms with Gasteiger partial charge in [-0.2, -0.15) is 0 Å². The Morgan fingerprint density at radius 2 is 1.54 bits per heavy atom. The van der Waals surface area contributed by atoms with Gasteiger partial charge >= 0.3 is 0 Å². The minimum Gasteiger partial charge on any atom is -0.326 e. The lowest BCUT2D eigenvalue weighted by molar-refractivity contribution is -0.117. The highest BCUT2D eigenvalue weighted by Gasteiger charge is 2.15. The van der Waals surface area contributed by atoms with Gasteiger partial charge in [0.2, 0.25) is 11.8 Å².